The van der Waals surface area contributed by atoms with E-state index >= 15 is 0 Å². The smallest absolute Gasteiger partial charge is 0.229 e. The third-order valence-corrected chi connectivity index (χ3v) is 4.01. The van der Waals surface area contributed by atoms with Crippen molar-refractivity contribution in [2.75, 3.05) is 23.3 Å². The number of nitrogens with one attached hydrogen (secondary N) is 1. The van der Waals surface area contributed by atoms with Crippen LogP contribution in [0.5, 0.6) is 0 Å². The Labute approximate surface area is 130 Å². The maximum Gasteiger partial charge on any atom is 0.229 e. The fraction of sp³-hybridized carbons (Fsp3) is 0.353. The molecule has 0 saturated carbocycles. The number of benzene rings is 1. The van der Waals surface area contributed by atoms with Crippen LogP contribution in [0.1, 0.15) is 24.1 Å². The lowest BCUT2D eigenvalue weighted by molar-refractivity contribution is -0.119. The minimum Gasteiger partial charge on any atom is -0.355 e. The van der Waals surface area contributed by atoms with Crippen LogP contribution in [0.15, 0.2) is 30.3 Å². The Bertz CT molecular complexity index is 675. The number of piperidine rings is 1. The van der Waals surface area contributed by atoms with E-state index in [1.54, 1.807) is 0 Å². The van der Waals surface area contributed by atoms with Crippen molar-refractivity contribution in [2.24, 2.45) is 0 Å². The summed E-state index contributed by atoms with van der Waals surface area (Å²) in [5.74, 6) is 1.86. The van der Waals surface area contributed by atoms with E-state index < -0.39 is 0 Å². The van der Waals surface area contributed by atoms with E-state index in [1.807, 2.05) is 44.2 Å². The van der Waals surface area contributed by atoms with E-state index in [1.165, 1.54) is 0 Å². The van der Waals surface area contributed by atoms with Gasteiger partial charge in [0.2, 0.25) is 5.95 Å². The summed E-state index contributed by atoms with van der Waals surface area (Å²) in [5, 5.41) is 3.24. The number of para-hydroxylation sites is 1. The molecular formula is C17H20N4O. The van der Waals surface area contributed by atoms with E-state index in [0.717, 1.165) is 35.9 Å². The summed E-state index contributed by atoms with van der Waals surface area (Å²) in [6.45, 7) is 5.50. The number of rotatable bonds is 3. The second-order valence-electron chi connectivity index (χ2n) is 5.60. The highest BCUT2D eigenvalue weighted by molar-refractivity contribution is 5.81. The number of ketones is 1. The number of aromatic nitrogens is 2. The highest BCUT2D eigenvalue weighted by atomic mass is 16.1. The summed E-state index contributed by atoms with van der Waals surface area (Å²) in [6, 6.07) is 9.89. The molecule has 1 saturated heterocycles. The van der Waals surface area contributed by atoms with Crippen molar-refractivity contribution < 1.29 is 4.79 Å². The van der Waals surface area contributed by atoms with Gasteiger partial charge >= 0.3 is 0 Å². The van der Waals surface area contributed by atoms with Crippen LogP contribution in [0.2, 0.25) is 0 Å². The van der Waals surface area contributed by atoms with Gasteiger partial charge in [0.25, 0.3) is 0 Å². The minimum atomic E-state index is 0.335. The Morgan fingerprint density at radius 1 is 1.05 bits per heavy atom. The number of nitrogens with zero attached hydrogens (tertiary/aromatic N) is 3. The number of hydrogen-bond donors (Lipinski definition) is 1. The Balaban J connectivity index is 1.88. The molecule has 114 valence electrons. The molecular weight excluding hydrogens is 276 g/mol. The fourth-order valence-electron chi connectivity index (χ4n) is 2.60. The van der Waals surface area contributed by atoms with Gasteiger partial charge in [-0.05, 0) is 26.0 Å². The number of aryl methyl sites for hydroxylation is 1. The zero-order valence-electron chi connectivity index (χ0n) is 13.0. The molecule has 0 spiro atoms. The molecule has 0 aliphatic carbocycles. The Kier molecular flexibility index (Phi) is 4.04. The normalized spacial score (nSPS) is 15.0. The first-order valence-electron chi connectivity index (χ1n) is 7.57. The van der Waals surface area contributed by atoms with Crippen LogP contribution >= 0.6 is 0 Å². The monoisotopic (exact) mass is 296 g/mol. The molecule has 3 rings (SSSR count). The summed E-state index contributed by atoms with van der Waals surface area (Å²) in [6.07, 6.45) is 1.20. The van der Waals surface area contributed by atoms with Gasteiger partial charge in [0.1, 0.15) is 11.6 Å². The van der Waals surface area contributed by atoms with Crippen LogP contribution in [0.25, 0.3) is 0 Å². The van der Waals surface area contributed by atoms with E-state index in [-0.39, 0.29) is 0 Å². The average Bonchev–Trinajstić information content (AvgIpc) is 2.53. The summed E-state index contributed by atoms with van der Waals surface area (Å²) >= 11 is 0. The first-order valence-corrected chi connectivity index (χ1v) is 7.57. The number of hydrogen-bond acceptors (Lipinski definition) is 5. The van der Waals surface area contributed by atoms with Crippen molar-refractivity contribution in [3.8, 4) is 0 Å². The molecule has 2 heterocycles. The van der Waals surface area contributed by atoms with Gasteiger partial charge in [-0.25, -0.2) is 4.98 Å². The van der Waals surface area contributed by atoms with Crippen LogP contribution in [0.4, 0.5) is 17.5 Å². The molecule has 0 atom stereocenters. The Morgan fingerprint density at radius 3 is 2.41 bits per heavy atom. The summed E-state index contributed by atoms with van der Waals surface area (Å²) < 4.78 is 0. The zero-order chi connectivity index (χ0) is 15.5. The molecule has 0 radical (unpaired) electrons. The van der Waals surface area contributed by atoms with Crippen molar-refractivity contribution in [2.45, 2.75) is 26.7 Å². The van der Waals surface area contributed by atoms with Crippen molar-refractivity contribution in [3.05, 3.63) is 41.6 Å². The van der Waals surface area contributed by atoms with E-state index in [2.05, 4.69) is 20.2 Å². The lowest BCUT2D eigenvalue weighted by atomic mass is 10.1. The highest BCUT2D eigenvalue weighted by Crippen LogP contribution is 2.25. The van der Waals surface area contributed by atoms with Crippen LogP contribution in [0.3, 0.4) is 0 Å². The van der Waals surface area contributed by atoms with Gasteiger partial charge < -0.3 is 10.2 Å². The van der Waals surface area contributed by atoms with Crippen molar-refractivity contribution >= 4 is 23.2 Å². The zero-order valence-corrected chi connectivity index (χ0v) is 13.0. The van der Waals surface area contributed by atoms with E-state index in [0.29, 0.717) is 24.6 Å². The lowest BCUT2D eigenvalue weighted by Gasteiger charge is -2.29. The molecule has 5 nitrogen and oxygen atoms in total. The van der Waals surface area contributed by atoms with Crippen LogP contribution in [0, 0.1) is 13.8 Å². The molecule has 2 aromatic rings. The first kappa shape index (κ1) is 14.5. The predicted molar refractivity (Wildman–Crippen MR) is 87.7 cm³/mol. The quantitative estimate of drug-likeness (QED) is 0.943. The van der Waals surface area contributed by atoms with Crippen molar-refractivity contribution in [1.82, 2.24) is 9.97 Å². The predicted octanol–water partition coefficient (Wildman–Crippen LogP) is 3.01. The minimum absolute atomic E-state index is 0.335. The van der Waals surface area contributed by atoms with Gasteiger partial charge in [0.05, 0.1) is 0 Å². The molecule has 1 aromatic carbocycles. The third-order valence-electron chi connectivity index (χ3n) is 4.01. The maximum absolute atomic E-state index is 11.4. The second kappa shape index (κ2) is 6.13. The molecule has 1 aliphatic heterocycles. The summed E-state index contributed by atoms with van der Waals surface area (Å²) in [7, 11) is 0. The van der Waals surface area contributed by atoms with Crippen LogP contribution in [-0.4, -0.2) is 28.8 Å². The van der Waals surface area contributed by atoms with Gasteiger partial charge in [-0.2, -0.15) is 4.98 Å². The molecule has 0 bridgehead atoms. The molecule has 5 heteroatoms. The lowest BCUT2D eigenvalue weighted by Crippen LogP contribution is -2.35. The van der Waals surface area contributed by atoms with Crippen LogP contribution < -0.4 is 10.2 Å². The number of anilines is 3. The van der Waals surface area contributed by atoms with Crippen molar-refractivity contribution in [1.29, 1.82) is 0 Å². The van der Waals surface area contributed by atoms with Crippen molar-refractivity contribution in [3.63, 3.8) is 0 Å². The molecule has 1 fully saturated rings. The number of Topliss-reactive ketones (excluding diaryl/α,β-unsaturated/α-hetero) is 1. The average molecular weight is 296 g/mol. The third kappa shape index (κ3) is 3.08. The van der Waals surface area contributed by atoms with E-state index in [4.69, 9.17) is 0 Å². The van der Waals surface area contributed by atoms with E-state index in [9.17, 15) is 4.79 Å². The van der Waals surface area contributed by atoms with Crippen LogP contribution in [-0.2, 0) is 4.79 Å². The van der Waals surface area contributed by atoms with Gasteiger partial charge in [-0.1, -0.05) is 18.2 Å². The standard InChI is InChI=1S/C17H20N4O/c1-12-13(2)18-17(19-14-6-4-3-5-7-14)20-16(12)21-10-8-15(22)9-11-21/h3-7H,8-11H2,1-2H3,(H,18,19,20). The number of carbonyl (C=O) groups is 1. The molecule has 1 aromatic heterocycles. The Hall–Kier alpha value is -2.43. The summed E-state index contributed by atoms with van der Waals surface area (Å²) in [4.78, 5) is 22.8. The molecule has 22 heavy (non-hydrogen) atoms. The molecule has 0 unspecified atom stereocenters. The first-order chi connectivity index (χ1) is 10.6. The number of carbonyl (C=O) groups excluding carboxylic acids is 1. The molecule has 0 amide bonds. The van der Waals surface area contributed by atoms with Gasteiger partial charge in [-0.3, -0.25) is 4.79 Å². The topological polar surface area (TPSA) is 58.1 Å². The maximum atomic E-state index is 11.4. The Morgan fingerprint density at radius 2 is 1.73 bits per heavy atom. The second-order valence-corrected chi connectivity index (χ2v) is 5.60. The molecule has 1 N–H and O–H groups in total. The van der Waals surface area contributed by atoms with Gasteiger partial charge in [0.15, 0.2) is 0 Å². The molecule has 1 aliphatic rings. The largest absolute Gasteiger partial charge is 0.355 e. The fourth-order valence-corrected chi connectivity index (χ4v) is 2.60. The van der Waals surface area contributed by atoms with Gasteiger partial charge in [0, 0.05) is 42.9 Å². The SMILES string of the molecule is Cc1nc(Nc2ccccc2)nc(N2CCC(=O)CC2)c1C. The van der Waals surface area contributed by atoms with Gasteiger partial charge in [-0.15, -0.1) is 0 Å². The highest BCUT2D eigenvalue weighted by Gasteiger charge is 2.20. The summed E-state index contributed by atoms with van der Waals surface area (Å²) in [5.41, 5.74) is 3.00.